The first-order valence-corrected chi connectivity index (χ1v) is 10.4. The number of aromatic nitrogens is 2. The summed E-state index contributed by atoms with van der Waals surface area (Å²) in [4.78, 5) is 29.8. The van der Waals surface area contributed by atoms with Crippen LogP contribution in [0.2, 0.25) is 0 Å². The minimum absolute atomic E-state index is 0.0418. The lowest BCUT2D eigenvalue weighted by Gasteiger charge is -2.25. The quantitative estimate of drug-likeness (QED) is 0.636. The van der Waals surface area contributed by atoms with Gasteiger partial charge in [-0.2, -0.15) is 0 Å². The van der Waals surface area contributed by atoms with Crippen LogP contribution in [-0.2, 0) is 9.59 Å². The minimum atomic E-state index is -0.128. The molecule has 0 aliphatic carbocycles. The molecule has 0 spiro atoms. The molecule has 164 valence electrons. The van der Waals surface area contributed by atoms with Gasteiger partial charge in [-0.05, 0) is 42.8 Å². The van der Waals surface area contributed by atoms with Crippen molar-refractivity contribution in [1.82, 2.24) is 20.0 Å². The predicted molar refractivity (Wildman–Crippen MR) is 120 cm³/mol. The fraction of sp³-hybridized carbons (Fsp3) is 0.391. The molecule has 1 aromatic heterocycles. The molecule has 1 fully saturated rings. The fourth-order valence-corrected chi connectivity index (χ4v) is 3.53. The van der Waals surface area contributed by atoms with Gasteiger partial charge >= 0.3 is 0 Å². The van der Waals surface area contributed by atoms with E-state index in [1.807, 2.05) is 41.3 Å². The Bertz CT molecular complexity index is 898. The van der Waals surface area contributed by atoms with Gasteiger partial charge in [0.15, 0.2) is 5.82 Å². The Morgan fingerprint density at radius 3 is 2.48 bits per heavy atom. The second kappa shape index (κ2) is 10.6. The van der Waals surface area contributed by atoms with Crippen molar-refractivity contribution >= 4 is 17.6 Å². The van der Waals surface area contributed by atoms with Crippen LogP contribution in [-0.4, -0.2) is 78.2 Å². The first-order valence-electron chi connectivity index (χ1n) is 10.4. The molecule has 1 aromatic carbocycles. The molecule has 0 N–H and O–H groups in total. The third-order valence-corrected chi connectivity index (χ3v) is 5.33. The van der Waals surface area contributed by atoms with Gasteiger partial charge in [-0.25, -0.2) is 0 Å². The Morgan fingerprint density at radius 1 is 1.10 bits per heavy atom. The zero-order valence-electron chi connectivity index (χ0n) is 18.2. The molecule has 0 radical (unpaired) electrons. The highest BCUT2D eigenvalue weighted by Gasteiger charge is 2.22. The SMILES string of the molecule is C=CCN(CC(=O)N1CCCN(c2ccc(-c3ccc(OC)cc3)nn2)CC1)C(C)=O. The number of benzene rings is 1. The van der Waals surface area contributed by atoms with E-state index in [2.05, 4.69) is 21.7 Å². The summed E-state index contributed by atoms with van der Waals surface area (Å²) in [5.74, 6) is 1.42. The van der Waals surface area contributed by atoms with Crippen LogP contribution in [0.1, 0.15) is 13.3 Å². The molecule has 1 saturated heterocycles. The van der Waals surface area contributed by atoms with Crippen LogP contribution < -0.4 is 9.64 Å². The second-order valence-corrected chi connectivity index (χ2v) is 7.41. The van der Waals surface area contributed by atoms with E-state index in [4.69, 9.17) is 4.74 Å². The number of carbonyl (C=O) groups excluding carboxylic acids is 2. The van der Waals surface area contributed by atoms with Crippen molar-refractivity contribution in [3.05, 3.63) is 49.1 Å². The standard InChI is InChI=1S/C23H29N5O3/c1-4-12-28(18(2)29)17-23(30)27-14-5-13-26(15-16-27)22-11-10-21(24-25-22)19-6-8-20(31-3)9-7-19/h4,6-11H,1,5,12-17H2,2-3H3. The number of ether oxygens (including phenoxy) is 1. The number of hydrogen-bond acceptors (Lipinski definition) is 6. The summed E-state index contributed by atoms with van der Waals surface area (Å²) in [6.07, 6.45) is 2.46. The molecule has 8 nitrogen and oxygen atoms in total. The van der Waals surface area contributed by atoms with Gasteiger partial charge in [0.05, 0.1) is 12.8 Å². The smallest absolute Gasteiger partial charge is 0.242 e. The van der Waals surface area contributed by atoms with E-state index in [9.17, 15) is 9.59 Å². The number of amides is 2. The van der Waals surface area contributed by atoms with Crippen molar-refractivity contribution < 1.29 is 14.3 Å². The Balaban J connectivity index is 1.60. The first kappa shape index (κ1) is 22.3. The van der Waals surface area contributed by atoms with Gasteiger partial charge < -0.3 is 19.4 Å². The summed E-state index contributed by atoms with van der Waals surface area (Å²) in [6.45, 7) is 8.28. The van der Waals surface area contributed by atoms with Crippen LogP contribution in [0.25, 0.3) is 11.3 Å². The van der Waals surface area contributed by atoms with Gasteiger partial charge in [0, 0.05) is 45.2 Å². The number of rotatable bonds is 7. The lowest BCUT2D eigenvalue weighted by Crippen LogP contribution is -2.43. The Labute approximate surface area is 183 Å². The number of carbonyl (C=O) groups is 2. The molecular weight excluding hydrogens is 394 g/mol. The average molecular weight is 424 g/mol. The van der Waals surface area contributed by atoms with Gasteiger partial charge in [-0.1, -0.05) is 6.08 Å². The maximum Gasteiger partial charge on any atom is 0.242 e. The highest BCUT2D eigenvalue weighted by atomic mass is 16.5. The number of anilines is 1. The van der Waals surface area contributed by atoms with Crippen molar-refractivity contribution in [2.75, 3.05) is 51.3 Å². The van der Waals surface area contributed by atoms with Crippen molar-refractivity contribution in [2.45, 2.75) is 13.3 Å². The molecule has 0 atom stereocenters. The van der Waals surface area contributed by atoms with Crippen LogP contribution in [0.5, 0.6) is 5.75 Å². The summed E-state index contributed by atoms with van der Waals surface area (Å²) in [5.41, 5.74) is 1.77. The Morgan fingerprint density at radius 2 is 1.87 bits per heavy atom. The first-order chi connectivity index (χ1) is 15.0. The average Bonchev–Trinajstić information content (AvgIpc) is 3.05. The van der Waals surface area contributed by atoms with E-state index in [0.717, 1.165) is 35.8 Å². The fourth-order valence-electron chi connectivity index (χ4n) is 3.53. The van der Waals surface area contributed by atoms with Crippen LogP contribution in [0.15, 0.2) is 49.1 Å². The largest absolute Gasteiger partial charge is 0.497 e. The van der Waals surface area contributed by atoms with Gasteiger partial charge in [0.25, 0.3) is 0 Å². The van der Waals surface area contributed by atoms with Crippen molar-refractivity contribution in [2.24, 2.45) is 0 Å². The molecular formula is C23H29N5O3. The molecule has 31 heavy (non-hydrogen) atoms. The summed E-state index contributed by atoms with van der Waals surface area (Å²) in [6, 6.07) is 11.6. The number of hydrogen-bond donors (Lipinski definition) is 0. The van der Waals surface area contributed by atoms with E-state index >= 15 is 0 Å². The Kier molecular flexibility index (Phi) is 7.59. The third kappa shape index (κ3) is 5.81. The molecule has 2 heterocycles. The third-order valence-electron chi connectivity index (χ3n) is 5.33. The molecule has 3 rings (SSSR count). The maximum atomic E-state index is 12.7. The normalized spacial score (nSPS) is 14.0. The molecule has 1 aliphatic heterocycles. The van der Waals surface area contributed by atoms with Crippen LogP contribution in [0.3, 0.4) is 0 Å². The van der Waals surface area contributed by atoms with Crippen LogP contribution in [0.4, 0.5) is 5.82 Å². The van der Waals surface area contributed by atoms with E-state index in [1.165, 1.54) is 11.8 Å². The Hall–Kier alpha value is -3.42. The minimum Gasteiger partial charge on any atom is -0.497 e. The monoisotopic (exact) mass is 423 g/mol. The summed E-state index contributed by atoms with van der Waals surface area (Å²) in [5, 5.41) is 8.78. The summed E-state index contributed by atoms with van der Waals surface area (Å²) >= 11 is 0. The molecule has 1 aliphatic rings. The van der Waals surface area contributed by atoms with E-state index < -0.39 is 0 Å². The highest BCUT2D eigenvalue weighted by molar-refractivity contribution is 5.84. The van der Waals surface area contributed by atoms with Gasteiger partial charge in [0.2, 0.25) is 11.8 Å². The topological polar surface area (TPSA) is 78.9 Å². The lowest BCUT2D eigenvalue weighted by atomic mass is 10.1. The summed E-state index contributed by atoms with van der Waals surface area (Å²) in [7, 11) is 1.64. The molecule has 8 heteroatoms. The highest BCUT2D eigenvalue weighted by Crippen LogP contribution is 2.22. The van der Waals surface area contributed by atoms with E-state index in [1.54, 1.807) is 13.2 Å². The van der Waals surface area contributed by atoms with Gasteiger partial charge in [-0.15, -0.1) is 16.8 Å². The van der Waals surface area contributed by atoms with Crippen LogP contribution >= 0.6 is 0 Å². The predicted octanol–water partition coefficient (Wildman–Crippen LogP) is 2.23. The lowest BCUT2D eigenvalue weighted by molar-refractivity contribution is -0.138. The van der Waals surface area contributed by atoms with Gasteiger partial charge in [-0.3, -0.25) is 9.59 Å². The molecule has 0 saturated carbocycles. The van der Waals surface area contributed by atoms with E-state index in [0.29, 0.717) is 26.2 Å². The number of methoxy groups -OCH3 is 1. The zero-order chi connectivity index (χ0) is 22.2. The van der Waals surface area contributed by atoms with Crippen LogP contribution in [0, 0.1) is 0 Å². The van der Waals surface area contributed by atoms with Crippen molar-refractivity contribution in [1.29, 1.82) is 0 Å². The van der Waals surface area contributed by atoms with Crippen molar-refractivity contribution in [3.8, 4) is 17.0 Å². The second-order valence-electron chi connectivity index (χ2n) is 7.41. The molecule has 2 amide bonds. The van der Waals surface area contributed by atoms with E-state index in [-0.39, 0.29) is 18.4 Å². The van der Waals surface area contributed by atoms with Gasteiger partial charge in [0.1, 0.15) is 12.3 Å². The zero-order valence-corrected chi connectivity index (χ0v) is 18.2. The molecule has 0 unspecified atom stereocenters. The molecule has 0 bridgehead atoms. The number of nitrogens with zero attached hydrogens (tertiary/aromatic N) is 5. The van der Waals surface area contributed by atoms with Crippen molar-refractivity contribution in [3.63, 3.8) is 0 Å². The maximum absolute atomic E-state index is 12.7. The summed E-state index contributed by atoms with van der Waals surface area (Å²) < 4.78 is 5.19. The molecule has 2 aromatic rings.